The summed E-state index contributed by atoms with van der Waals surface area (Å²) in [6, 6.07) is 0. The molecular formula is C20H39N3O2. The second-order valence-corrected chi connectivity index (χ2v) is 8.16. The largest absolute Gasteiger partial charge is 0.356 e. The molecule has 5 nitrogen and oxygen atoms in total. The van der Waals surface area contributed by atoms with Crippen LogP contribution in [-0.2, 0) is 9.59 Å². The van der Waals surface area contributed by atoms with Crippen LogP contribution in [0.1, 0.15) is 66.2 Å². The molecule has 1 N–H and O–H groups in total. The molecule has 146 valence electrons. The Balaban J connectivity index is 2.05. The molecule has 0 aliphatic carbocycles. The van der Waals surface area contributed by atoms with Crippen LogP contribution in [0.3, 0.4) is 0 Å². The summed E-state index contributed by atoms with van der Waals surface area (Å²) < 4.78 is 0. The maximum atomic E-state index is 12.2. The Bertz CT molecular complexity index is 388. The first-order valence-corrected chi connectivity index (χ1v) is 10.1. The van der Waals surface area contributed by atoms with Crippen LogP contribution in [0.4, 0.5) is 0 Å². The van der Waals surface area contributed by atoms with Gasteiger partial charge in [0.2, 0.25) is 11.8 Å². The van der Waals surface area contributed by atoms with Crippen molar-refractivity contribution in [3.8, 4) is 0 Å². The Kier molecular flexibility index (Phi) is 10.8. The molecular weight excluding hydrogens is 314 g/mol. The molecule has 2 amide bonds. The molecule has 0 atom stereocenters. The number of hydrogen-bond acceptors (Lipinski definition) is 3. The van der Waals surface area contributed by atoms with Crippen LogP contribution < -0.4 is 5.32 Å². The van der Waals surface area contributed by atoms with Crippen molar-refractivity contribution >= 4 is 11.8 Å². The molecule has 0 unspecified atom stereocenters. The van der Waals surface area contributed by atoms with Crippen LogP contribution in [0, 0.1) is 11.8 Å². The number of carbonyl (C=O) groups is 2. The molecule has 0 aromatic heterocycles. The topological polar surface area (TPSA) is 52.7 Å². The summed E-state index contributed by atoms with van der Waals surface area (Å²) >= 11 is 0. The predicted octanol–water partition coefficient (Wildman–Crippen LogP) is 2.90. The Hall–Kier alpha value is -1.10. The summed E-state index contributed by atoms with van der Waals surface area (Å²) in [6.07, 6.45) is 5.60. The van der Waals surface area contributed by atoms with Gasteiger partial charge in [0, 0.05) is 45.6 Å². The molecule has 0 bridgehead atoms. The van der Waals surface area contributed by atoms with E-state index < -0.39 is 0 Å². The SMILES string of the molecule is CC(C)CCCC(=O)N1CCN(CCCCNC(=O)CC(C)C)CC1. The lowest BCUT2D eigenvalue weighted by Crippen LogP contribution is -2.48. The van der Waals surface area contributed by atoms with Gasteiger partial charge in [0.1, 0.15) is 0 Å². The van der Waals surface area contributed by atoms with Crippen LogP contribution in [-0.4, -0.2) is 60.9 Å². The average molecular weight is 354 g/mol. The lowest BCUT2D eigenvalue weighted by atomic mass is 10.1. The molecule has 0 aromatic carbocycles. The zero-order valence-electron chi connectivity index (χ0n) is 16.9. The minimum Gasteiger partial charge on any atom is -0.356 e. The van der Waals surface area contributed by atoms with Gasteiger partial charge in [0.15, 0.2) is 0 Å². The zero-order valence-corrected chi connectivity index (χ0v) is 16.9. The fourth-order valence-electron chi connectivity index (χ4n) is 3.17. The molecule has 0 radical (unpaired) electrons. The van der Waals surface area contributed by atoms with Crippen LogP contribution in [0.15, 0.2) is 0 Å². The molecule has 1 aliphatic rings. The molecule has 1 aliphatic heterocycles. The molecule has 1 saturated heterocycles. The lowest BCUT2D eigenvalue weighted by Gasteiger charge is -2.34. The first-order chi connectivity index (χ1) is 11.9. The first kappa shape index (κ1) is 21.9. The van der Waals surface area contributed by atoms with E-state index in [0.29, 0.717) is 30.6 Å². The Morgan fingerprint density at radius 1 is 0.920 bits per heavy atom. The number of nitrogens with zero attached hydrogens (tertiary/aromatic N) is 2. The smallest absolute Gasteiger partial charge is 0.222 e. The highest BCUT2D eigenvalue weighted by Gasteiger charge is 2.20. The van der Waals surface area contributed by atoms with Crippen LogP contribution in [0.5, 0.6) is 0 Å². The second-order valence-electron chi connectivity index (χ2n) is 8.16. The van der Waals surface area contributed by atoms with Gasteiger partial charge in [0.25, 0.3) is 0 Å². The number of nitrogens with one attached hydrogen (secondary N) is 1. The molecule has 5 heteroatoms. The third-order valence-corrected chi connectivity index (χ3v) is 4.71. The van der Waals surface area contributed by atoms with E-state index >= 15 is 0 Å². The maximum absolute atomic E-state index is 12.2. The van der Waals surface area contributed by atoms with Crippen LogP contribution in [0.2, 0.25) is 0 Å². The highest BCUT2D eigenvalue weighted by Crippen LogP contribution is 2.10. The van der Waals surface area contributed by atoms with Gasteiger partial charge in [-0.3, -0.25) is 14.5 Å². The Labute approximate surface area is 154 Å². The van der Waals surface area contributed by atoms with Gasteiger partial charge in [-0.25, -0.2) is 0 Å². The highest BCUT2D eigenvalue weighted by molar-refractivity contribution is 5.76. The van der Waals surface area contributed by atoms with Crippen molar-refractivity contribution in [1.29, 1.82) is 0 Å². The Morgan fingerprint density at radius 2 is 1.60 bits per heavy atom. The number of carbonyl (C=O) groups excluding carboxylic acids is 2. The molecule has 1 heterocycles. The minimum atomic E-state index is 0.166. The predicted molar refractivity (Wildman–Crippen MR) is 103 cm³/mol. The van der Waals surface area contributed by atoms with E-state index in [4.69, 9.17) is 0 Å². The van der Waals surface area contributed by atoms with E-state index in [2.05, 4.69) is 37.9 Å². The van der Waals surface area contributed by atoms with Crippen molar-refractivity contribution in [2.24, 2.45) is 11.8 Å². The van der Waals surface area contributed by atoms with Gasteiger partial charge >= 0.3 is 0 Å². The van der Waals surface area contributed by atoms with E-state index in [0.717, 1.165) is 65.0 Å². The molecule has 0 aromatic rings. The van der Waals surface area contributed by atoms with Crippen molar-refractivity contribution in [2.45, 2.75) is 66.2 Å². The normalized spacial score (nSPS) is 15.8. The van der Waals surface area contributed by atoms with E-state index in [9.17, 15) is 9.59 Å². The van der Waals surface area contributed by atoms with Crippen molar-refractivity contribution in [3.05, 3.63) is 0 Å². The maximum Gasteiger partial charge on any atom is 0.222 e. The summed E-state index contributed by atoms with van der Waals surface area (Å²) in [4.78, 5) is 28.2. The fraction of sp³-hybridized carbons (Fsp3) is 0.900. The zero-order chi connectivity index (χ0) is 18.7. The minimum absolute atomic E-state index is 0.166. The third-order valence-electron chi connectivity index (χ3n) is 4.71. The highest BCUT2D eigenvalue weighted by atomic mass is 16.2. The first-order valence-electron chi connectivity index (χ1n) is 10.1. The van der Waals surface area contributed by atoms with E-state index in [1.807, 2.05) is 4.90 Å². The number of amides is 2. The van der Waals surface area contributed by atoms with Gasteiger partial charge in [-0.05, 0) is 37.6 Å². The van der Waals surface area contributed by atoms with Crippen LogP contribution >= 0.6 is 0 Å². The number of hydrogen-bond donors (Lipinski definition) is 1. The van der Waals surface area contributed by atoms with Gasteiger partial charge in [-0.1, -0.05) is 34.1 Å². The quantitative estimate of drug-likeness (QED) is 0.581. The summed E-state index contributed by atoms with van der Waals surface area (Å²) in [5.74, 6) is 1.59. The van der Waals surface area contributed by atoms with E-state index in [1.54, 1.807) is 0 Å². The van der Waals surface area contributed by atoms with Gasteiger partial charge in [-0.2, -0.15) is 0 Å². The van der Waals surface area contributed by atoms with Crippen molar-refractivity contribution < 1.29 is 9.59 Å². The standard InChI is InChI=1S/C20H39N3O2/c1-17(2)8-7-9-20(25)23-14-12-22(13-15-23)11-6-5-10-21-19(24)16-18(3)4/h17-18H,5-16H2,1-4H3,(H,21,24). The van der Waals surface area contributed by atoms with Crippen LogP contribution in [0.25, 0.3) is 0 Å². The monoisotopic (exact) mass is 353 g/mol. The Morgan fingerprint density at radius 3 is 2.20 bits per heavy atom. The molecule has 25 heavy (non-hydrogen) atoms. The average Bonchev–Trinajstić information content (AvgIpc) is 2.54. The van der Waals surface area contributed by atoms with Gasteiger partial charge in [0.05, 0.1) is 0 Å². The van der Waals surface area contributed by atoms with Crippen molar-refractivity contribution in [3.63, 3.8) is 0 Å². The van der Waals surface area contributed by atoms with Crippen molar-refractivity contribution in [1.82, 2.24) is 15.1 Å². The van der Waals surface area contributed by atoms with Gasteiger partial charge in [-0.15, -0.1) is 0 Å². The summed E-state index contributed by atoms with van der Waals surface area (Å²) in [6.45, 7) is 14.1. The van der Waals surface area contributed by atoms with Gasteiger partial charge < -0.3 is 10.2 Å². The molecule has 0 spiro atoms. The summed E-state index contributed by atoms with van der Waals surface area (Å²) in [7, 11) is 0. The molecule has 1 fully saturated rings. The second kappa shape index (κ2) is 12.3. The van der Waals surface area contributed by atoms with E-state index in [1.165, 1.54) is 0 Å². The molecule has 1 rings (SSSR count). The number of unbranched alkanes of at least 4 members (excludes halogenated alkanes) is 1. The fourth-order valence-corrected chi connectivity index (χ4v) is 3.17. The number of rotatable bonds is 11. The number of piperazine rings is 1. The van der Waals surface area contributed by atoms with E-state index in [-0.39, 0.29) is 5.91 Å². The van der Waals surface area contributed by atoms with Crippen molar-refractivity contribution in [2.75, 3.05) is 39.3 Å². The third kappa shape index (κ3) is 10.5. The summed E-state index contributed by atoms with van der Waals surface area (Å²) in [5.41, 5.74) is 0. The lowest BCUT2D eigenvalue weighted by molar-refractivity contribution is -0.133. The molecule has 0 saturated carbocycles. The summed E-state index contributed by atoms with van der Waals surface area (Å²) in [5, 5.41) is 2.99.